The number of fused-ring (bicyclic) bond motifs is 1. The van der Waals surface area contributed by atoms with Gasteiger partial charge in [0.15, 0.2) is 0 Å². The molecular formula is C23H20O2. The van der Waals surface area contributed by atoms with E-state index in [0.717, 1.165) is 39.1 Å². The number of benzene rings is 3. The van der Waals surface area contributed by atoms with Crippen LogP contribution in [-0.4, -0.2) is 12.2 Å². The average molecular weight is 328 g/mol. The summed E-state index contributed by atoms with van der Waals surface area (Å²) in [6.07, 6.45) is 0. The van der Waals surface area contributed by atoms with Crippen LogP contribution in [0.5, 0.6) is 5.75 Å². The lowest BCUT2D eigenvalue weighted by molar-refractivity contribution is 0.125. The third-order valence-corrected chi connectivity index (χ3v) is 5.06. The van der Waals surface area contributed by atoms with Crippen LogP contribution in [0.15, 0.2) is 84.4 Å². The average Bonchev–Trinajstić information content (AvgIpc) is 2.91. The molecule has 0 saturated heterocycles. The molecule has 0 amide bonds. The van der Waals surface area contributed by atoms with Gasteiger partial charge in [-0.1, -0.05) is 66.7 Å². The van der Waals surface area contributed by atoms with Crippen molar-refractivity contribution in [3.63, 3.8) is 0 Å². The Morgan fingerprint density at radius 1 is 0.840 bits per heavy atom. The van der Waals surface area contributed by atoms with E-state index < -0.39 is 5.60 Å². The Kier molecular flexibility index (Phi) is 3.70. The summed E-state index contributed by atoms with van der Waals surface area (Å²) in [6.45, 7) is 2.02. The van der Waals surface area contributed by atoms with Gasteiger partial charge in [0.2, 0.25) is 0 Å². The van der Waals surface area contributed by atoms with Crippen LogP contribution in [0.3, 0.4) is 0 Å². The Balaban J connectivity index is 2.04. The maximum absolute atomic E-state index is 11.8. The van der Waals surface area contributed by atoms with E-state index in [4.69, 9.17) is 4.74 Å². The van der Waals surface area contributed by atoms with Gasteiger partial charge < -0.3 is 9.84 Å². The van der Waals surface area contributed by atoms with Crippen molar-refractivity contribution in [2.45, 2.75) is 12.5 Å². The van der Waals surface area contributed by atoms with Crippen LogP contribution in [-0.2, 0) is 5.60 Å². The highest BCUT2D eigenvalue weighted by Gasteiger charge is 2.43. The van der Waals surface area contributed by atoms with Crippen molar-refractivity contribution in [2.24, 2.45) is 0 Å². The highest BCUT2D eigenvalue weighted by Crippen LogP contribution is 2.51. The largest absolute Gasteiger partial charge is 0.497 e. The molecule has 124 valence electrons. The molecule has 0 aliphatic heterocycles. The first-order valence-electron chi connectivity index (χ1n) is 8.40. The zero-order chi connectivity index (χ0) is 17.4. The molecule has 1 aliphatic rings. The van der Waals surface area contributed by atoms with Crippen molar-refractivity contribution in [2.75, 3.05) is 7.11 Å². The fourth-order valence-electron chi connectivity index (χ4n) is 3.79. The molecule has 0 fully saturated rings. The molecule has 1 atom stereocenters. The fraction of sp³-hybridized carbons (Fsp3) is 0.130. The molecule has 2 heteroatoms. The second-order valence-corrected chi connectivity index (χ2v) is 6.35. The summed E-state index contributed by atoms with van der Waals surface area (Å²) < 4.78 is 5.43. The number of aliphatic hydroxyl groups is 1. The molecule has 3 aromatic rings. The predicted molar refractivity (Wildman–Crippen MR) is 101 cm³/mol. The summed E-state index contributed by atoms with van der Waals surface area (Å²) >= 11 is 0. The van der Waals surface area contributed by atoms with Crippen LogP contribution < -0.4 is 4.74 Å². The summed E-state index contributed by atoms with van der Waals surface area (Å²) in [4.78, 5) is 0. The smallest absolute Gasteiger partial charge is 0.137 e. The van der Waals surface area contributed by atoms with E-state index in [9.17, 15) is 5.11 Å². The molecule has 4 rings (SSSR count). The summed E-state index contributed by atoms with van der Waals surface area (Å²) in [5, 5.41) is 11.8. The van der Waals surface area contributed by atoms with Crippen molar-refractivity contribution >= 4 is 5.57 Å². The van der Waals surface area contributed by atoms with Gasteiger partial charge in [-0.15, -0.1) is 0 Å². The monoisotopic (exact) mass is 328 g/mol. The molecular weight excluding hydrogens is 308 g/mol. The van der Waals surface area contributed by atoms with E-state index in [1.165, 1.54) is 0 Å². The molecule has 0 spiro atoms. The third kappa shape index (κ3) is 2.30. The molecule has 0 saturated carbocycles. The highest BCUT2D eigenvalue weighted by molar-refractivity contribution is 5.90. The zero-order valence-electron chi connectivity index (χ0n) is 14.4. The van der Waals surface area contributed by atoms with Crippen LogP contribution in [0, 0.1) is 0 Å². The Hall–Kier alpha value is -2.84. The van der Waals surface area contributed by atoms with Crippen LogP contribution in [0.2, 0.25) is 0 Å². The minimum absolute atomic E-state index is 0.789. The van der Waals surface area contributed by atoms with E-state index >= 15 is 0 Å². The van der Waals surface area contributed by atoms with Gasteiger partial charge >= 0.3 is 0 Å². The topological polar surface area (TPSA) is 29.5 Å². The maximum atomic E-state index is 11.8. The molecule has 25 heavy (non-hydrogen) atoms. The van der Waals surface area contributed by atoms with Gasteiger partial charge in [-0.05, 0) is 46.9 Å². The summed E-state index contributed by atoms with van der Waals surface area (Å²) in [5.74, 6) is 0.789. The van der Waals surface area contributed by atoms with Crippen molar-refractivity contribution in [1.29, 1.82) is 0 Å². The lowest BCUT2D eigenvalue weighted by Crippen LogP contribution is -2.26. The summed E-state index contributed by atoms with van der Waals surface area (Å²) in [5.41, 5.74) is 4.78. The van der Waals surface area contributed by atoms with Crippen molar-refractivity contribution in [1.82, 2.24) is 0 Å². The van der Waals surface area contributed by atoms with Gasteiger partial charge in [0.25, 0.3) is 0 Å². The predicted octanol–water partition coefficient (Wildman–Crippen LogP) is 4.77. The number of rotatable bonds is 3. The van der Waals surface area contributed by atoms with E-state index in [2.05, 4.69) is 12.1 Å². The van der Waals surface area contributed by atoms with Crippen LogP contribution >= 0.6 is 0 Å². The first kappa shape index (κ1) is 15.7. The molecule has 0 radical (unpaired) electrons. The Bertz CT molecular complexity index is 942. The Labute approximate surface area is 148 Å². The molecule has 2 nitrogen and oxygen atoms in total. The SMILES string of the molecule is COc1ccc2c(c1)C(c1ccccc1)=C(C)C2(O)c1ccccc1. The molecule has 0 bridgehead atoms. The standard InChI is InChI=1S/C23H20O2/c1-16-22(17-9-5-3-6-10-17)20-15-19(25-2)13-14-21(20)23(16,24)18-11-7-4-8-12-18/h3-15,24H,1-2H3. The lowest BCUT2D eigenvalue weighted by atomic mass is 9.84. The molecule has 1 aliphatic carbocycles. The minimum Gasteiger partial charge on any atom is -0.497 e. The van der Waals surface area contributed by atoms with Crippen LogP contribution in [0.4, 0.5) is 0 Å². The maximum Gasteiger partial charge on any atom is 0.137 e. The molecule has 1 unspecified atom stereocenters. The molecule has 0 heterocycles. The van der Waals surface area contributed by atoms with E-state index in [1.807, 2.05) is 73.7 Å². The van der Waals surface area contributed by atoms with Gasteiger partial charge in [-0.3, -0.25) is 0 Å². The van der Waals surface area contributed by atoms with Crippen LogP contribution in [0.25, 0.3) is 5.57 Å². The second-order valence-electron chi connectivity index (χ2n) is 6.35. The van der Waals surface area contributed by atoms with Gasteiger partial charge in [0, 0.05) is 5.56 Å². The van der Waals surface area contributed by atoms with Crippen LogP contribution in [0.1, 0.15) is 29.2 Å². The van der Waals surface area contributed by atoms with E-state index in [1.54, 1.807) is 7.11 Å². The van der Waals surface area contributed by atoms with Gasteiger partial charge in [0.1, 0.15) is 11.4 Å². The Morgan fingerprint density at radius 3 is 2.12 bits per heavy atom. The zero-order valence-corrected chi connectivity index (χ0v) is 14.4. The fourth-order valence-corrected chi connectivity index (χ4v) is 3.79. The first-order valence-corrected chi connectivity index (χ1v) is 8.40. The Morgan fingerprint density at radius 2 is 1.48 bits per heavy atom. The van der Waals surface area contributed by atoms with Crippen molar-refractivity contribution in [3.8, 4) is 5.75 Å². The van der Waals surface area contributed by atoms with Gasteiger partial charge in [-0.2, -0.15) is 0 Å². The van der Waals surface area contributed by atoms with Crippen molar-refractivity contribution < 1.29 is 9.84 Å². The third-order valence-electron chi connectivity index (χ3n) is 5.06. The quantitative estimate of drug-likeness (QED) is 0.751. The van der Waals surface area contributed by atoms with Crippen molar-refractivity contribution in [3.05, 3.63) is 107 Å². The summed E-state index contributed by atoms with van der Waals surface area (Å²) in [7, 11) is 1.67. The second kappa shape index (κ2) is 5.91. The van der Waals surface area contributed by atoms with E-state index in [-0.39, 0.29) is 0 Å². The molecule has 1 N–H and O–H groups in total. The summed E-state index contributed by atoms with van der Waals surface area (Å²) in [6, 6.07) is 26.0. The van der Waals surface area contributed by atoms with Gasteiger partial charge in [-0.25, -0.2) is 0 Å². The lowest BCUT2D eigenvalue weighted by Gasteiger charge is -2.27. The molecule has 0 aromatic heterocycles. The number of hydrogen-bond donors (Lipinski definition) is 1. The highest BCUT2D eigenvalue weighted by atomic mass is 16.5. The minimum atomic E-state index is -1.13. The van der Waals surface area contributed by atoms with E-state index in [0.29, 0.717) is 0 Å². The number of ether oxygens (including phenoxy) is 1. The van der Waals surface area contributed by atoms with Gasteiger partial charge in [0.05, 0.1) is 7.11 Å². The molecule has 3 aromatic carbocycles. The number of methoxy groups -OCH3 is 1. The first-order chi connectivity index (χ1) is 12.2. The normalized spacial score (nSPS) is 19.0. The number of hydrogen-bond acceptors (Lipinski definition) is 2.